The Labute approximate surface area is 113 Å². The summed E-state index contributed by atoms with van der Waals surface area (Å²) < 4.78 is 0. The normalized spacial score (nSPS) is 31.8. The van der Waals surface area contributed by atoms with Gasteiger partial charge in [-0.25, -0.2) is 9.97 Å². The molecule has 18 heavy (non-hydrogen) atoms. The molecule has 0 aromatic carbocycles. The first kappa shape index (κ1) is 12.3. The van der Waals surface area contributed by atoms with E-state index in [1.807, 2.05) is 6.92 Å². The van der Waals surface area contributed by atoms with Crippen LogP contribution in [-0.2, 0) is 6.54 Å². The molecule has 1 N–H and O–H groups in total. The third-order valence-corrected chi connectivity index (χ3v) is 4.46. The van der Waals surface area contributed by atoms with E-state index in [0.29, 0.717) is 11.2 Å². The van der Waals surface area contributed by atoms with Crippen molar-refractivity contribution in [2.45, 2.75) is 26.4 Å². The van der Waals surface area contributed by atoms with Crippen molar-refractivity contribution < 1.29 is 0 Å². The van der Waals surface area contributed by atoms with Gasteiger partial charge < -0.3 is 5.32 Å². The van der Waals surface area contributed by atoms with Gasteiger partial charge in [0.25, 0.3) is 0 Å². The minimum atomic E-state index is 0.547. The number of halogens is 1. The third kappa shape index (κ3) is 2.25. The van der Waals surface area contributed by atoms with Gasteiger partial charge in [0.2, 0.25) is 0 Å². The summed E-state index contributed by atoms with van der Waals surface area (Å²) in [5.41, 5.74) is 0.943. The standard InChI is InChI=1S/C13H19ClN4/c1-8-3-12(14)17-13(16-8)7-18-6-10-4-15-5-11(10)9(18)2/h3,9-11,15H,4-7H2,1-2H3. The molecule has 5 heteroatoms. The van der Waals surface area contributed by atoms with E-state index in [9.17, 15) is 0 Å². The maximum atomic E-state index is 5.99. The first-order valence-electron chi connectivity index (χ1n) is 6.58. The minimum Gasteiger partial charge on any atom is -0.316 e. The Morgan fingerprint density at radius 3 is 3.00 bits per heavy atom. The Hall–Kier alpha value is -0.710. The van der Waals surface area contributed by atoms with Crippen molar-refractivity contribution in [2.24, 2.45) is 11.8 Å². The van der Waals surface area contributed by atoms with E-state index >= 15 is 0 Å². The van der Waals surface area contributed by atoms with Crippen LogP contribution in [0.25, 0.3) is 0 Å². The van der Waals surface area contributed by atoms with Crippen LogP contribution >= 0.6 is 11.6 Å². The molecule has 0 saturated carbocycles. The zero-order valence-electron chi connectivity index (χ0n) is 10.9. The highest BCUT2D eigenvalue weighted by Crippen LogP contribution is 2.32. The number of hydrogen-bond acceptors (Lipinski definition) is 4. The topological polar surface area (TPSA) is 41.1 Å². The molecule has 2 fully saturated rings. The molecule has 1 aromatic heterocycles. The lowest BCUT2D eigenvalue weighted by Crippen LogP contribution is -2.33. The van der Waals surface area contributed by atoms with Crippen LogP contribution in [0.4, 0.5) is 0 Å². The molecular formula is C13H19ClN4. The van der Waals surface area contributed by atoms with Crippen LogP contribution in [-0.4, -0.2) is 40.5 Å². The first-order valence-corrected chi connectivity index (χ1v) is 6.96. The van der Waals surface area contributed by atoms with E-state index in [0.717, 1.165) is 49.5 Å². The molecule has 0 bridgehead atoms. The second-order valence-electron chi connectivity index (χ2n) is 5.50. The van der Waals surface area contributed by atoms with Crippen LogP contribution < -0.4 is 5.32 Å². The van der Waals surface area contributed by atoms with Crippen LogP contribution in [0.2, 0.25) is 5.15 Å². The Morgan fingerprint density at radius 1 is 1.44 bits per heavy atom. The summed E-state index contributed by atoms with van der Waals surface area (Å²) in [6.45, 7) is 8.54. The number of aryl methyl sites for hydroxylation is 1. The number of likely N-dealkylation sites (tertiary alicyclic amines) is 1. The van der Waals surface area contributed by atoms with Crippen LogP contribution in [0, 0.1) is 18.8 Å². The average Bonchev–Trinajstić information content (AvgIpc) is 2.83. The number of aromatic nitrogens is 2. The molecule has 3 unspecified atom stereocenters. The van der Waals surface area contributed by atoms with Crippen LogP contribution in [0.15, 0.2) is 6.07 Å². The van der Waals surface area contributed by atoms with E-state index in [1.54, 1.807) is 6.07 Å². The SMILES string of the molecule is Cc1cc(Cl)nc(CN2CC3CNCC3C2C)n1. The number of nitrogens with zero attached hydrogens (tertiary/aromatic N) is 3. The molecule has 4 nitrogen and oxygen atoms in total. The van der Waals surface area contributed by atoms with Crippen molar-refractivity contribution in [3.63, 3.8) is 0 Å². The molecule has 2 saturated heterocycles. The molecule has 3 atom stereocenters. The van der Waals surface area contributed by atoms with E-state index in [1.165, 1.54) is 0 Å². The largest absolute Gasteiger partial charge is 0.316 e. The van der Waals surface area contributed by atoms with Crippen molar-refractivity contribution >= 4 is 11.6 Å². The van der Waals surface area contributed by atoms with E-state index in [2.05, 4.69) is 27.1 Å². The lowest BCUT2D eigenvalue weighted by molar-refractivity contribution is 0.226. The Kier molecular flexibility index (Phi) is 3.26. The summed E-state index contributed by atoms with van der Waals surface area (Å²) >= 11 is 5.99. The third-order valence-electron chi connectivity index (χ3n) is 4.27. The maximum Gasteiger partial charge on any atom is 0.144 e. The first-order chi connectivity index (χ1) is 8.63. The van der Waals surface area contributed by atoms with Gasteiger partial charge in [-0.2, -0.15) is 0 Å². The van der Waals surface area contributed by atoms with E-state index in [4.69, 9.17) is 11.6 Å². The molecule has 98 valence electrons. The van der Waals surface area contributed by atoms with E-state index < -0.39 is 0 Å². The average molecular weight is 267 g/mol. The molecule has 0 amide bonds. The summed E-state index contributed by atoms with van der Waals surface area (Å²) in [7, 11) is 0. The molecular weight excluding hydrogens is 248 g/mol. The van der Waals surface area contributed by atoms with Crippen LogP contribution in [0.3, 0.4) is 0 Å². The second-order valence-corrected chi connectivity index (χ2v) is 5.89. The summed E-state index contributed by atoms with van der Waals surface area (Å²) in [6.07, 6.45) is 0. The quantitative estimate of drug-likeness (QED) is 0.824. The summed E-state index contributed by atoms with van der Waals surface area (Å²) in [5.74, 6) is 2.42. The number of rotatable bonds is 2. The predicted molar refractivity (Wildman–Crippen MR) is 71.5 cm³/mol. The molecule has 3 rings (SSSR count). The highest BCUT2D eigenvalue weighted by atomic mass is 35.5. The zero-order valence-corrected chi connectivity index (χ0v) is 11.6. The Balaban J connectivity index is 1.73. The van der Waals surface area contributed by atoms with Crippen molar-refractivity contribution in [3.05, 3.63) is 22.7 Å². The second kappa shape index (κ2) is 4.76. The molecule has 0 aliphatic carbocycles. The Morgan fingerprint density at radius 2 is 2.28 bits per heavy atom. The van der Waals surface area contributed by atoms with Crippen LogP contribution in [0.5, 0.6) is 0 Å². The number of nitrogens with one attached hydrogen (secondary N) is 1. The van der Waals surface area contributed by atoms with Crippen molar-refractivity contribution in [3.8, 4) is 0 Å². The van der Waals surface area contributed by atoms with Gasteiger partial charge in [0.05, 0.1) is 6.54 Å². The highest BCUT2D eigenvalue weighted by Gasteiger charge is 2.41. The molecule has 1 aromatic rings. The fourth-order valence-corrected chi connectivity index (χ4v) is 3.56. The molecule has 3 heterocycles. The smallest absolute Gasteiger partial charge is 0.144 e. The maximum absolute atomic E-state index is 5.99. The highest BCUT2D eigenvalue weighted by molar-refractivity contribution is 6.29. The summed E-state index contributed by atoms with van der Waals surface area (Å²) in [5, 5.41) is 4.03. The lowest BCUT2D eigenvalue weighted by Gasteiger charge is -2.23. The van der Waals surface area contributed by atoms with E-state index in [-0.39, 0.29) is 0 Å². The zero-order chi connectivity index (χ0) is 12.7. The molecule has 2 aliphatic heterocycles. The van der Waals surface area contributed by atoms with Gasteiger partial charge in [-0.15, -0.1) is 0 Å². The predicted octanol–water partition coefficient (Wildman–Crippen LogP) is 1.48. The summed E-state index contributed by atoms with van der Waals surface area (Å²) in [4.78, 5) is 11.3. The van der Waals surface area contributed by atoms with Gasteiger partial charge in [0.15, 0.2) is 0 Å². The minimum absolute atomic E-state index is 0.547. The van der Waals surface area contributed by atoms with Gasteiger partial charge in [0, 0.05) is 18.3 Å². The van der Waals surface area contributed by atoms with Gasteiger partial charge in [-0.3, -0.25) is 4.90 Å². The van der Waals surface area contributed by atoms with Gasteiger partial charge >= 0.3 is 0 Å². The monoisotopic (exact) mass is 266 g/mol. The fourth-order valence-electron chi connectivity index (χ4n) is 3.31. The van der Waals surface area contributed by atoms with Gasteiger partial charge in [-0.05, 0) is 44.8 Å². The Bertz CT molecular complexity index is 430. The summed E-state index contributed by atoms with van der Waals surface area (Å²) in [6, 6.07) is 2.41. The van der Waals surface area contributed by atoms with Crippen molar-refractivity contribution in [2.75, 3.05) is 19.6 Å². The molecule has 0 spiro atoms. The lowest BCUT2D eigenvalue weighted by atomic mass is 9.95. The van der Waals surface area contributed by atoms with Gasteiger partial charge in [0.1, 0.15) is 11.0 Å². The van der Waals surface area contributed by atoms with Gasteiger partial charge in [-0.1, -0.05) is 11.6 Å². The molecule has 2 aliphatic rings. The van der Waals surface area contributed by atoms with Crippen molar-refractivity contribution in [1.82, 2.24) is 20.2 Å². The fraction of sp³-hybridized carbons (Fsp3) is 0.692. The number of fused-ring (bicyclic) bond motifs is 1. The van der Waals surface area contributed by atoms with Crippen molar-refractivity contribution in [1.29, 1.82) is 0 Å². The number of hydrogen-bond donors (Lipinski definition) is 1. The molecule has 0 radical (unpaired) electrons. The van der Waals surface area contributed by atoms with Crippen LogP contribution in [0.1, 0.15) is 18.4 Å².